The van der Waals surface area contributed by atoms with Crippen molar-refractivity contribution in [1.82, 2.24) is 25.0 Å². The number of nitrogens with zero attached hydrogens (tertiary/aromatic N) is 4. The summed E-state index contributed by atoms with van der Waals surface area (Å²) in [6.07, 6.45) is 8.23. The number of nitrogens with one attached hydrogen (secondary N) is 1. The molecule has 0 aliphatic carbocycles. The van der Waals surface area contributed by atoms with Gasteiger partial charge in [-0.15, -0.1) is 0 Å². The van der Waals surface area contributed by atoms with Crippen molar-refractivity contribution in [3.63, 3.8) is 0 Å². The lowest BCUT2D eigenvalue weighted by Crippen LogP contribution is -2.45. The number of aryl methyl sites for hydroxylation is 1. The van der Waals surface area contributed by atoms with Crippen LogP contribution in [-0.2, 0) is 24.3 Å². The zero-order valence-corrected chi connectivity index (χ0v) is 14.1. The summed E-state index contributed by atoms with van der Waals surface area (Å²) in [6, 6.07) is 2.09. The lowest BCUT2D eigenvalue weighted by Gasteiger charge is -2.32. The zero-order valence-electron chi connectivity index (χ0n) is 14.1. The molecular formula is C17H25N5O2. The summed E-state index contributed by atoms with van der Waals surface area (Å²) in [4.78, 5) is 18.8. The third-order valence-electron chi connectivity index (χ3n) is 4.39. The lowest BCUT2D eigenvalue weighted by molar-refractivity contribution is -0.121. The van der Waals surface area contributed by atoms with E-state index in [-0.39, 0.29) is 11.9 Å². The Labute approximate surface area is 142 Å². The van der Waals surface area contributed by atoms with Gasteiger partial charge in [-0.05, 0) is 30.9 Å². The maximum Gasteiger partial charge on any atom is 0.224 e. The van der Waals surface area contributed by atoms with Gasteiger partial charge in [-0.3, -0.25) is 9.69 Å². The van der Waals surface area contributed by atoms with Crippen LogP contribution in [0.4, 0.5) is 0 Å². The Bertz CT molecular complexity index is 629. The van der Waals surface area contributed by atoms with E-state index in [1.807, 2.05) is 10.7 Å². The van der Waals surface area contributed by atoms with Crippen molar-refractivity contribution in [2.45, 2.75) is 51.7 Å². The number of rotatable bonds is 7. The Morgan fingerprint density at radius 2 is 2.25 bits per heavy atom. The minimum atomic E-state index is 0.0672. The minimum absolute atomic E-state index is 0.0672. The summed E-state index contributed by atoms with van der Waals surface area (Å²) >= 11 is 0. The summed E-state index contributed by atoms with van der Waals surface area (Å²) < 4.78 is 6.98. The Kier molecular flexibility index (Phi) is 5.63. The normalized spacial score (nSPS) is 16.4. The maximum atomic E-state index is 12.0. The highest BCUT2D eigenvalue weighted by Crippen LogP contribution is 2.13. The highest BCUT2D eigenvalue weighted by atomic mass is 16.3. The van der Waals surface area contributed by atoms with Crippen molar-refractivity contribution in [2.24, 2.45) is 0 Å². The molecule has 0 unspecified atom stereocenters. The first-order valence-corrected chi connectivity index (χ1v) is 8.64. The Morgan fingerprint density at radius 3 is 2.96 bits per heavy atom. The Hall–Kier alpha value is -2.15. The van der Waals surface area contributed by atoms with Crippen molar-refractivity contribution < 1.29 is 9.21 Å². The lowest BCUT2D eigenvalue weighted by atomic mass is 10.0. The summed E-state index contributed by atoms with van der Waals surface area (Å²) in [6.45, 7) is 5.82. The third kappa shape index (κ3) is 4.44. The molecule has 1 saturated heterocycles. The van der Waals surface area contributed by atoms with Gasteiger partial charge in [0.05, 0.1) is 25.5 Å². The van der Waals surface area contributed by atoms with Crippen LogP contribution < -0.4 is 5.32 Å². The molecule has 2 aromatic rings. The van der Waals surface area contributed by atoms with Crippen LogP contribution in [0.1, 0.15) is 37.6 Å². The van der Waals surface area contributed by atoms with E-state index in [4.69, 9.17) is 4.42 Å². The van der Waals surface area contributed by atoms with E-state index in [1.165, 1.54) is 0 Å². The molecule has 3 heterocycles. The van der Waals surface area contributed by atoms with E-state index in [9.17, 15) is 4.79 Å². The van der Waals surface area contributed by atoms with Crippen LogP contribution in [0.3, 0.4) is 0 Å². The molecule has 1 fully saturated rings. The van der Waals surface area contributed by atoms with Crippen molar-refractivity contribution in [1.29, 1.82) is 0 Å². The van der Waals surface area contributed by atoms with Gasteiger partial charge < -0.3 is 9.73 Å². The second-order valence-electron chi connectivity index (χ2n) is 6.33. The molecular weight excluding hydrogens is 306 g/mol. The molecule has 0 spiro atoms. The summed E-state index contributed by atoms with van der Waals surface area (Å²) in [5.41, 5.74) is 0.917. The molecule has 130 valence electrons. The molecule has 1 aliphatic rings. The van der Waals surface area contributed by atoms with E-state index in [0.29, 0.717) is 6.42 Å². The number of hydrogen-bond acceptors (Lipinski definition) is 5. The summed E-state index contributed by atoms with van der Waals surface area (Å²) in [7, 11) is 0. The van der Waals surface area contributed by atoms with E-state index in [2.05, 4.69) is 27.2 Å². The standard InChI is InChI=1S/C17H25N5O2/c1-2-6-22-16(18-13-19-22)11-21-7-3-15(4-8-21)20-17(23)10-14-5-9-24-12-14/h5,9,12-13,15H,2-4,6-8,10-11H2,1H3,(H,20,23). The first-order chi connectivity index (χ1) is 11.7. The van der Waals surface area contributed by atoms with Crippen LogP contribution in [0, 0.1) is 0 Å². The number of piperidine rings is 1. The van der Waals surface area contributed by atoms with Gasteiger partial charge in [0.1, 0.15) is 12.2 Å². The predicted octanol–water partition coefficient (Wildman–Crippen LogP) is 1.60. The number of hydrogen-bond donors (Lipinski definition) is 1. The molecule has 1 aliphatic heterocycles. The van der Waals surface area contributed by atoms with Gasteiger partial charge in [-0.1, -0.05) is 6.92 Å². The number of carbonyl (C=O) groups excluding carboxylic acids is 1. The zero-order chi connectivity index (χ0) is 16.8. The maximum absolute atomic E-state index is 12.0. The molecule has 0 saturated carbocycles. The van der Waals surface area contributed by atoms with Crippen molar-refractivity contribution in [2.75, 3.05) is 13.1 Å². The number of aromatic nitrogens is 3. The van der Waals surface area contributed by atoms with Crippen LogP contribution in [0.25, 0.3) is 0 Å². The largest absolute Gasteiger partial charge is 0.472 e. The number of likely N-dealkylation sites (tertiary alicyclic amines) is 1. The van der Waals surface area contributed by atoms with Crippen molar-refractivity contribution in [3.8, 4) is 0 Å². The van der Waals surface area contributed by atoms with E-state index in [1.54, 1.807) is 18.9 Å². The molecule has 0 radical (unpaired) electrons. The fourth-order valence-electron chi connectivity index (χ4n) is 3.10. The first kappa shape index (κ1) is 16.7. The molecule has 0 aromatic carbocycles. The average molecular weight is 331 g/mol. The van der Waals surface area contributed by atoms with Crippen molar-refractivity contribution >= 4 is 5.91 Å². The fraction of sp³-hybridized carbons (Fsp3) is 0.588. The molecule has 0 atom stereocenters. The second kappa shape index (κ2) is 8.10. The van der Waals surface area contributed by atoms with E-state index in [0.717, 1.165) is 56.8 Å². The molecule has 7 heteroatoms. The number of carbonyl (C=O) groups is 1. The van der Waals surface area contributed by atoms with Gasteiger partial charge in [-0.25, -0.2) is 9.67 Å². The molecule has 3 rings (SSSR count). The molecule has 1 amide bonds. The van der Waals surface area contributed by atoms with Crippen molar-refractivity contribution in [3.05, 3.63) is 36.3 Å². The molecule has 24 heavy (non-hydrogen) atoms. The summed E-state index contributed by atoms with van der Waals surface area (Å²) in [5, 5.41) is 7.40. The number of amides is 1. The van der Waals surface area contributed by atoms with Gasteiger partial charge in [-0.2, -0.15) is 5.10 Å². The van der Waals surface area contributed by atoms with Crippen LogP contribution in [0.2, 0.25) is 0 Å². The summed E-state index contributed by atoms with van der Waals surface area (Å²) in [5.74, 6) is 1.09. The highest BCUT2D eigenvalue weighted by molar-refractivity contribution is 5.78. The van der Waals surface area contributed by atoms with Crippen LogP contribution in [-0.4, -0.2) is 44.7 Å². The van der Waals surface area contributed by atoms with Gasteiger partial charge in [0.25, 0.3) is 0 Å². The second-order valence-corrected chi connectivity index (χ2v) is 6.33. The highest BCUT2D eigenvalue weighted by Gasteiger charge is 2.22. The number of furan rings is 1. The van der Waals surface area contributed by atoms with Gasteiger partial charge in [0.2, 0.25) is 5.91 Å². The smallest absolute Gasteiger partial charge is 0.224 e. The topological polar surface area (TPSA) is 76.2 Å². The van der Waals surface area contributed by atoms with Gasteiger partial charge in [0.15, 0.2) is 0 Å². The average Bonchev–Trinajstić information content (AvgIpc) is 3.22. The minimum Gasteiger partial charge on any atom is -0.472 e. The molecule has 0 bridgehead atoms. The Morgan fingerprint density at radius 1 is 1.42 bits per heavy atom. The van der Waals surface area contributed by atoms with Crippen LogP contribution in [0.5, 0.6) is 0 Å². The quantitative estimate of drug-likeness (QED) is 0.834. The van der Waals surface area contributed by atoms with Gasteiger partial charge >= 0.3 is 0 Å². The molecule has 1 N–H and O–H groups in total. The monoisotopic (exact) mass is 331 g/mol. The van der Waals surface area contributed by atoms with E-state index >= 15 is 0 Å². The van der Waals surface area contributed by atoms with Gasteiger partial charge in [0, 0.05) is 25.7 Å². The SMILES string of the molecule is CCCn1ncnc1CN1CCC(NC(=O)Cc2ccoc2)CC1. The first-order valence-electron chi connectivity index (χ1n) is 8.64. The Balaban J connectivity index is 1.42. The van der Waals surface area contributed by atoms with Crippen LogP contribution >= 0.6 is 0 Å². The molecule has 7 nitrogen and oxygen atoms in total. The molecule has 2 aromatic heterocycles. The third-order valence-corrected chi connectivity index (χ3v) is 4.39. The van der Waals surface area contributed by atoms with Crippen LogP contribution in [0.15, 0.2) is 29.3 Å². The fourth-order valence-corrected chi connectivity index (χ4v) is 3.10. The predicted molar refractivity (Wildman–Crippen MR) is 89.2 cm³/mol. The van der Waals surface area contributed by atoms with E-state index < -0.39 is 0 Å².